The van der Waals surface area contributed by atoms with Crippen molar-refractivity contribution in [1.82, 2.24) is 19.9 Å². The summed E-state index contributed by atoms with van der Waals surface area (Å²) in [4.78, 5) is 43.9. The second-order valence-corrected chi connectivity index (χ2v) is 7.53. The zero-order valence-electron chi connectivity index (χ0n) is 16.8. The number of aryl methyl sites for hydroxylation is 1. The fourth-order valence-electron chi connectivity index (χ4n) is 3.46. The van der Waals surface area contributed by atoms with Crippen molar-refractivity contribution in [2.45, 2.75) is 39.5 Å². The molecule has 0 atom stereocenters. The van der Waals surface area contributed by atoms with Crippen LogP contribution < -0.4 is 4.90 Å². The van der Waals surface area contributed by atoms with Gasteiger partial charge in [0.25, 0.3) is 0 Å². The van der Waals surface area contributed by atoms with Crippen LogP contribution in [0.4, 0.5) is 11.5 Å². The summed E-state index contributed by atoms with van der Waals surface area (Å²) in [7, 11) is 0. The summed E-state index contributed by atoms with van der Waals surface area (Å²) < 4.78 is 0. The SMILES string of the molecule is CCC(=O)c1nccc(N2C(=O)C(C)(C)c3ccc(-c4cnc(C)nc4)cc32)n1. The lowest BCUT2D eigenvalue weighted by Crippen LogP contribution is -2.33. The van der Waals surface area contributed by atoms with Crippen LogP contribution in [0, 0.1) is 6.92 Å². The van der Waals surface area contributed by atoms with Gasteiger partial charge in [0.15, 0.2) is 11.6 Å². The minimum absolute atomic E-state index is 0.0987. The highest BCUT2D eigenvalue weighted by molar-refractivity contribution is 6.12. The number of carbonyl (C=O) groups excluding carboxylic acids is 2. The highest BCUT2D eigenvalue weighted by Crippen LogP contribution is 2.46. The minimum atomic E-state index is -0.711. The summed E-state index contributed by atoms with van der Waals surface area (Å²) in [6.07, 6.45) is 5.34. The van der Waals surface area contributed by atoms with Crippen LogP contribution in [-0.2, 0) is 10.2 Å². The summed E-state index contributed by atoms with van der Waals surface area (Å²) in [5, 5.41) is 0. The number of hydrogen-bond acceptors (Lipinski definition) is 6. The fraction of sp³-hybridized carbons (Fsp3) is 0.273. The van der Waals surface area contributed by atoms with Gasteiger partial charge in [-0.2, -0.15) is 0 Å². The molecule has 1 aromatic carbocycles. The predicted molar refractivity (Wildman–Crippen MR) is 109 cm³/mol. The predicted octanol–water partition coefficient (Wildman–Crippen LogP) is 3.79. The van der Waals surface area contributed by atoms with Crippen molar-refractivity contribution in [3.05, 3.63) is 60.1 Å². The van der Waals surface area contributed by atoms with Gasteiger partial charge in [-0.05, 0) is 44.0 Å². The Labute approximate surface area is 168 Å². The van der Waals surface area contributed by atoms with Gasteiger partial charge in [0.05, 0.1) is 11.1 Å². The zero-order chi connectivity index (χ0) is 20.8. The van der Waals surface area contributed by atoms with E-state index >= 15 is 0 Å². The summed E-state index contributed by atoms with van der Waals surface area (Å²) in [5.74, 6) is 0.946. The monoisotopic (exact) mass is 387 g/mol. The van der Waals surface area contributed by atoms with Crippen molar-refractivity contribution < 1.29 is 9.59 Å². The summed E-state index contributed by atoms with van der Waals surface area (Å²) >= 11 is 0. The first-order valence-electron chi connectivity index (χ1n) is 9.47. The second-order valence-electron chi connectivity index (χ2n) is 7.53. The summed E-state index contributed by atoms with van der Waals surface area (Å²) in [5.41, 5.74) is 2.70. The minimum Gasteiger partial charge on any atom is -0.291 e. The van der Waals surface area contributed by atoms with Crippen LogP contribution in [0.2, 0.25) is 0 Å². The first-order chi connectivity index (χ1) is 13.8. The van der Waals surface area contributed by atoms with Crippen molar-refractivity contribution in [1.29, 1.82) is 0 Å². The molecule has 0 saturated heterocycles. The number of amides is 1. The highest BCUT2D eigenvalue weighted by atomic mass is 16.2. The topological polar surface area (TPSA) is 88.9 Å². The Morgan fingerprint density at radius 3 is 2.48 bits per heavy atom. The molecule has 0 saturated carbocycles. The van der Waals surface area contributed by atoms with Gasteiger partial charge in [-0.3, -0.25) is 14.5 Å². The van der Waals surface area contributed by atoms with Gasteiger partial charge in [0.1, 0.15) is 11.6 Å². The maximum absolute atomic E-state index is 13.3. The molecule has 0 radical (unpaired) electrons. The highest BCUT2D eigenvalue weighted by Gasteiger charge is 2.45. The lowest BCUT2D eigenvalue weighted by molar-refractivity contribution is -0.121. The number of hydrogen-bond donors (Lipinski definition) is 0. The van der Waals surface area contributed by atoms with E-state index in [0.29, 0.717) is 18.1 Å². The van der Waals surface area contributed by atoms with Crippen LogP contribution in [0.25, 0.3) is 11.1 Å². The van der Waals surface area contributed by atoms with Crippen LogP contribution in [-0.4, -0.2) is 31.6 Å². The zero-order valence-corrected chi connectivity index (χ0v) is 16.8. The Balaban J connectivity index is 1.86. The van der Waals surface area contributed by atoms with Crippen molar-refractivity contribution in [2.75, 3.05) is 4.90 Å². The average molecular weight is 387 g/mol. The number of aromatic nitrogens is 4. The maximum atomic E-state index is 13.3. The Bertz CT molecular complexity index is 1120. The molecule has 0 spiro atoms. The Morgan fingerprint density at radius 1 is 1.07 bits per heavy atom. The Hall–Kier alpha value is -3.48. The van der Waals surface area contributed by atoms with Gasteiger partial charge in [0, 0.05) is 30.6 Å². The molecule has 7 heteroatoms. The molecule has 3 aromatic rings. The molecule has 0 fully saturated rings. The second kappa shape index (κ2) is 6.84. The Morgan fingerprint density at radius 2 is 1.79 bits per heavy atom. The van der Waals surface area contributed by atoms with Gasteiger partial charge >= 0.3 is 0 Å². The third-order valence-electron chi connectivity index (χ3n) is 5.20. The third kappa shape index (κ3) is 3.08. The van der Waals surface area contributed by atoms with E-state index in [1.807, 2.05) is 39.0 Å². The van der Waals surface area contributed by atoms with E-state index < -0.39 is 5.41 Å². The number of benzene rings is 1. The molecule has 2 aromatic heterocycles. The van der Waals surface area contributed by atoms with Crippen molar-refractivity contribution in [2.24, 2.45) is 0 Å². The standard InChI is InChI=1S/C22H21N5O2/c1-5-18(28)20-23-9-8-19(26-20)27-17-10-14(15-11-24-13(2)25-12-15)6-7-16(17)22(3,4)21(27)29/h6-12H,5H2,1-4H3. The molecular weight excluding hydrogens is 366 g/mol. The van der Waals surface area contributed by atoms with E-state index in [9.17, 15) is 9.59 Å². The van der Waals surface area contributed by atoms with E-state index in [0.717, 1.165) is 22.4 Å². The number of nitrogens with zero attached hydrogens (tertiary/aromatic N) is 5. The third-order valence-corrected chi connectivity index (χ3v) is 5.20. The van der Waals surface area contributed by atoms with Gasteiger partial charge < -0.3 is 0 Å². The number of anilines is 2. The fourth-order valence-corrected chi connectivity index (χ4v) is 3.46. The van der Waals surface area contributed by atoms with Crippen LogP contribution in [0.15, 0.2) is 42.9 Å². The molecule has 29 heavy (non-hydrogen) atoms. The van der Waals surface area contributed by atoms with Crippen LogP contribution in [0.3, 0.4) is 0 Å². The number of fused-ring (bicyclic) bond motifs is 1. The molecule has 7 nitrogen and oxygen atoms in total. The van der Waals surface area contributed by atoms with E-state index in [1.165, 1.54) is 6.20 Å². The van der Waals surface area contributed by atoms with Crippen LogP contribution in [0.1, 0.15) is 49.2 Å². The maximum Gasteiger partial charge on any atom is 0.242 e. The largest absolute Gasteiger partial charge is 0.291 e. The summed E-state index contributed by atoms with van der Waals surface area (Å²) in [6, 6.07) is 7.52. The molecule has 3 heterocycles. The van der Waals surface area contributed by atoms with Gasteiger partial charge in [0.2, 0.25) is 5.91 Å². The molecule has 4 rings (SSSR count). The van der Waals surface area contributed by atoms with E-state index in [1.54, 1.807) is 30.3 Å². The van der Waals surface area contributed by atoms with Gasteiger partial charge in [-0.25, -0.2) is 19.9 Å². The molecular formula is C22H21N5O2. The van der Waals surface area contributed by atoms with Gasteiger partial charge in [-0.1, -0.05) is 19.1 Å². The molecule has 1 amide bonds. The van der Waals surface area contributed by atoms with Gasteiger partial charge in [-0.15, -0.1) is 0 Å². The Kier molecular flexibility index (Phi) is 4.45. The smallest absolute Gasteiger partial charge is 0.242 e. The molecule has 1 aliphatic heterocycles. The van der Waals surface area contributed by atoms with Crippen LogP contribution >= 0.6 is 0 Å². The lowest BCUT2D eigenvalue weighted by atomic mass is 9.85. The molecule has 0 N–H and O–H groups in total. The van der Waals surface area contributed by atoms with E-state index in [2.05, 4.69) is 19.9 Å². The van der Waals surface area contributed by atoms with E-state index in [4.69, 9.17) is 0 Å². The molecule has 0 aliphatic carbocycles. The normalized spacial score (nSPS) is 14.8. The first kappa shape index (κ1) is 18.9. The lowest BCUT2D eigenvalue weighted by Gasteiger charge is -2.19. The number of Topliss-reactive ketones (excluding diaryl/α,β-unsaturated/α-hetero) is 1. The van der Waals surface area contributed by atoms with Crippen LogP contribution in [0.5, 0.6) is 0 Å². The van der Waals surface area contributed by atoms with Crippen molar-refractivity contribution in [3.63, 3.8) is 0 Å². The van der Waals surface area contributed by atoms with E-state index in [-0.39, 0.29) is 17.5 Å². The number of carbonyl (C=O) groups is 2. The van der Waals surface area contributed by atoms with Crippen molar-refractivity contribution >= 4 is 23.2 Å². The molecule has 1 aliphatic rings. The average Bonchev–Trinajstić information content (AvgIpc) is 2.93. The first-order valence-corrected chi connectivity index (χ1v) is 9.47. The molecule has 0 bridgehead atoms. The molecule has 0 unspecified atom stereocenters. The quantitative estimate of drug-likeness (QED) is 0.633. The molecule has 146 valence electrons. The van der Waals surface area contributed by atoms with Crippen molar-refractivity contribution in [3.8, 4) is 11.1 Å². The number of ketones is 1. The number of rotatable bonds is 4. The summed E-state index contributed by atoms with van der Waals surface area (Å²) in [6.45, 7) is 7.37.